The standard InChI is InChI=1S/C10H8ClNO3/c11-4-8(14)6-1-2-7-9(3-6)15-10(5-13)12-7/h1-3,5,10,12H,4H2. The molecular formula is C10H8ClNO3. The predicted molar refractivity (Wildman–Crippen MR) is 55.6 cm³/mol. The third-order valence-corrected chi connectivity index (χ3v) is 2.34. The Balaban J connectivity index is 2.30. The van der Waals surface area contributed by atoms with Gasteiger partial charge in [0.1, 0.15) is 5.75 Å². The number of Topliss-reactive ketones (excluding diaryl/α,β-unsaturated/α-hetero) is 1. The molecule has 0 aliphatic carbocycles. The highest BCUT2D eigenvalue weighted by Gasteiger charge is 2.21. The molecule has 1 unspecified atom stereocenters. The Morgan fingerprint density at radius 2 is 2.40 bits per heavy atom. The third kappa shape index (κ3) is 1.80. The molecule has 1 aromatic carbocycles. The first-order valence-electron chi connectivity index (χ1n) is 4.36. The maximum atomic E-state index is 11.3. The summed E-state index contributed by atoms with van der Waals surface area (Å²) >= 11 is 5.43. The number of rotatable bonds is 3. The van der Waals surface area contributed by atoms with Gasteiger partial charge in [0.25, 0.3) is 0 Å². The first-order chi connectivity index (χ1) is 7.24. The van der Waals surface area contributed by atoms with Crippen LogP contribution in [-0.4, -0.2) is 24.2 Å². The van der Waals surface area contributed by atoms with Gasteiger partial charge in [-0.1, -0.05) is 0 Å². The molecule has 1 N–H and O–H groups in total. The summed E-state index contributed by atoms with van der Waals surface area (Å²) in [7, 11) is 0. The number of ketones is 1. The molecule has 1 atom stereocenters. The average molecular weight is 226 g/mol. The highest BCUT2D eigenvalue weighted by Crippen LogP contribution is 2.32. The summed E-state index contributed by atoms with van der Waals surface area (Å²) < 4.78 is 5.22. The van der Waals surface area contributed by atoms with Gasteiger partial charge >= 0.3 is 0 Å². The fraction of sp³-hybridized carbons (Fsp3) is 0.200. The fourth-order valence-electron chi connectivity index (χ4n) is 1.37. The van der Waals surface area contributed by atoms with Crippen LogP contribution in [0.3, 0.4) is 0 Å². The number of alkyl halides is 1. The molecule has 1 aromatic rings. The van der Waals surface area contributed by atoms with Crippen LogP contribution in [0.25, 0.3) is 0 Å². The van der Waals surface area contributed by atoms with Crippen LogP contribution in [0.5, 0.6) is 5.75 Å². The molecule has 5 heteroatoms. The molecule has 0 bridgehead atoms. The van der Waals surface area contributed by atoms with E-state index in [-0.39, 0.29) is 11.7 Å². The summed E-state index contributed by atoms with van der Waals surface area (Å²) in [6.07, 6.45) is -0.00962. The minimum atomic E-state index is -0.665. The largest absolute Gasteiger partial charge is 0.461 e. The van der Waals surface area contributed by atoms with Crippen molar-refractivity contribution in [2.45, 2.75) is 6.23 Å². The maximum Gasteiger partial charge on any atom is 0.226 e. The summed E-state index contributed by atoms with van der Waals surface area (Å²) in [6, 6.07) is 4.92. The van der Waals surface area contributed by atoms with Crippen molar-refractivity contribution in [3.8, 4) is 5.75 Å². The lowest BCUT2D eigenvalue weighted by atomic mass is 10.1. The predicted octanol–water partition coefficient (Wildman–Crippen LogP) is 1.44. The van der Waals surface area contributed by atoms with Crippen LogP contribution in [0, 0.1) is 0 Å². The average Bonchev–Trinajstić information content (AvgIpc) is 2.69. The maximum absolute atomic E-state index is 11.3. The molecule has 78 valence electrons. The van der Waals surface area contributed by atoms with Crippen molar-refractivity contribution >= 4 is 29.4 Å². The second-order valence-electron chi connectivity index (χ2n) is 3.09. The van der Waals surface area contributed by atoms with E-state index in [2.05, 4.69) is 5.32 Å². The minimum Gasteiger partial charge on any atom is -0.461 e. The SMILES string of the molecule is O=CC1Nc2ccc(C(=O)CCl)cc2O1. The smallest absolute Gasteiger partial charge is 0.226 e. The molecule has 0 aromatic heterocycles. The Kier molecular flexibility index (Phi) is 2.60. The number of carbonyl (C=O) groups is 2. The lowest BCUT2D eigenvalue weighted by Crippen LogP contribution is -2.20. The number of fused-ring (bicyclic) bond motifs is 1. The zero-order valence-electron chi connectivity index (χ0n) is 7.70. The fourth-order valence-corrected chi connectivity index (χ4v) is 1.53. The molecule has 0 fully saturated rings. The second kappa shape index (κ2) is 3.90. The van der Waals surface area contributed by atoms with Crippen LogP contribution in [0.15, 0.2) is 18.2 Å². The van der Waals surface area contributed by atoms with E-state index in [1.54, 1.807) is 18.2 Å². The molecule has 1 heterocycles. The number of hydrogen-bond donors (Lipinski definition) is 1. The van der Waals surface area contributed by atoms with Crippen LogP contribution in [-0.2, 0) is 4.79 Å². The van der Waals surface area contributed by atoms with E-state index in [0.29, 0.717) is 23.3 Å². The first kappa shape index (κ1) is 9.98. The number of carbonyl (C=O) groups excluding carboxylic acids is 2. The summed E-state index contributed by atoms with van der Waals surface area (Å²) in [5.74, 6) is 0.268. The lowest BCUT2D eigenvalue weighted by Gasteiger charge is -2.01. The zero-order chi connectivity index (χ0) is 10.8. The number of ether oxygens (including phenoxy) is 1. The Morgan fingerprint density at radius 1 is 1.60 bits per heavy atom. The topological polar surface area (TPSA) is 55.4 Å². The molecule has 0 saturated carbocycles. The van der Waals surface area contributed by atoms with Crippen molar-refractivity contribution in [1.82, 2.24) is 0 Å². The van der Waals surface area contributed by atoms with Crippen molar-refractivity contribution in [1.29, 1.82) is 0 Å². The van der Waals surface area contributed by atoms with Gasteiger partial charge in [0.2, 0.25) is 6.23 Å². The lowest BCUT2D eigenvalue weighted by molar-refractivity contribution is -0.112. The summed E-state index contributed by atoms with van der Waals surface area (Å²) in [5.41, 5.74) is 1.19. The van der Waals surface area contributed by atoms with Gasteiger partial charge in [0.05, 0.1) is 11.6 Å². The first-order valence-corrected chi connectivity index (χ1v) is 4.90. The van der Waals surface area contributed by atoms with Gasteiger partial charge in [-0.15, -0.1) is 11.6 Å². The van der Waals surface area contributed by atoms with E-state index in [4.69, 9.17) is 16.3 Å². The van der Waals surface area contributed by atoms with Gasteiger partial charge in [0, 0.05) is 5.56 Å². The van der Waals surface area contributed by atoms with Crippen LogP contribution in [0.4, 0.5) is 5.69 Å². The summed E-state index contributed by atoms with van der Waals surface area (Å²) in [6.45, 7) is 0. The monoisotopic (exact) mass is 225 g/mol. The normalized spacial score (nSPS) is 17.5. The molecule has 4 nitrogen and oxygen atoms in total. The molecule has 1 aliphatic rings. The van der Waals surface area contributed by atoms with Crippen molar-refractivity contribution in [3.05, 3.63) is 23.8 Å². The van der Waals surface area contributed by atoms with E-state index in [1.807, 2.05) is 0 Å². The van der Waals surface area contributed by atoms with E-state index >= 15 is 0 Å². The van der Waals surface area contributed by atoms with E-state index in [9.17, 15) is 9.59 Å². The van der Waals surface area contributed by atoms with Crippen LogP contribution >= 0.6 is 11.6 Å². The number of halogens is 1. The third-order valence-electron chi connectivity index (χ3n) is 2.10. The van der Waals surface area contributed by atoms with Crippen molar-refractivity contribution in [2.24, 2.45) is 0 Å². The molecular weight excluding hydrogens is 218 g/mol. The molecule has 2 rings (SSSR count). The number of benzene rings is 1. The molecule has 0 radical (unpaired) electrons. The van der Waals surface area contributed by atoms with Gasteiger partial charge in [-0.3, -0.25) is 9.59 Å². The Bertz CT molecular complexity index is 419. The Labute approximate surface area is 91.2 Å². The van der Waals surface area contributed by atoms with E-state index in [0.717, 1.165) is 0 Å². The second-order valence-corrected chi connectivity index (χ2v) is 3.35. The summed E-state index contributed by atoms with van der Waals surface area (Å²) in [4.78, 5) is 21.8. The quantitative estimate of drug-likeness (QED) is 0.481. The summed E-state index contributed by atoms with van der Waals surface area (Å²) in [5, 5.41) is 2.83. The number of nitrogens with one attached hydrogen (secondary N) is 1. The van der Waals surface area contributed by atoms with Crippen molar-refractivity contribution < 1.29 is 14.3 Å². The zero-order valence-corrected chi connectivity index (χ0v) is 8.45. The highest BCUT2D eigenvalue weighted by molar-refractivity contribution is 6.30. The van der Waals surface area contributed by atoms with E-state index < -0.39 is 6.23 Å². The van der Waals surface area contributed by atoms with Gasteiger partial charge in [-0.2, -0.15) is 0 Å². The molecule has 15 heavy (non-hydrogen) atoms. The van der Waals surface area contributed by atoms with Gasteiger partial charge in [0.15, 0.2) is 12.1 Å². The van der Waals surface area contributed by atoms with Crippen LogP contribution in [0.1, 0.15) is 10.4 Å². The Morgan fingerprint density at radius 3 is 3.07 bits per heavy atom. The van der Waals surface area contributed by atoms with Crippen LogP contribution in [0.2, 0.25) is 0 Å². The van der Waals surface area contributed by atoms with Crippen LogP contribution < -0.4 is 10.1 Å². The molecule has 0 saturated heterocycles. The minimum absolute atomic E-state index is 0.0661. The van der Waals surface area contributed by atoms with Crippen molar-refractivity contribution in [2.75, 3.05) is 11.2 Å². The van der Waals surface area contributed by atoms with Gasteiger partial charge in [-0.25, -0.2) is 0 Å². The Hall–Kier alpha value is -1.55. The highest BCUT2D eigenvalue weighted by atomic mass is 35.5. The number of aldehydes is 1. The van der Waals surface area contributed by atoms with Crippen molar-refractivity contribution in [3.63, 3.8) is 0 Å². The van der Waals surface area contributed by atoms with E-state index in [1.165, 1.54) is 0 Å². The molecule has 0 spiro atoms. The molecule has 1 aliphatic heterocycles. The van der Waals surface area contributed by atoms with Gasteiger partial charge in [-0.05, 0) is 18.2 Å². The van der Waals surface area contributed by atoms with Gasteiger partial charge < -0.3 is 10.1 Å². The number of anilines is 1. The molecule has 0 amide bonds. The number of hydrogen-bond acceptors (Lipinski definition) is 4.